The normalized spacial score (nSPS) is 16.3. The van der Waals surface area contributed by atoms with Crippen LogP contribution in [-0.4, -0.2) is 64.8 Å². The lowest BCUT2D eigenvalue weighted by Gasteiger charge is -2.26. The molecule has 0 aromatic carbocycles. The molecule has 23 heavy (non-hydrogen) atoms. The molecule has 1 saturated heterocycles. The van der Waals surface area contributed by atoms with Crippen LogP contribution >= 0.6 is 11.3 Å². The number of rotatable bonds is 5. The van der Waals surface area contributed by atoms with Gasteiger partial charge in [-0.1, -0.05) is 25.2 Å². The van der Waals surface area contributed by atoms with E-state index >= 15 is 0 Å². The van der Waals surface area contributed by atoms with E-state index in [2.05, 4.69) is 34.3 Å². The van der Waals surface area contributed by atoms with Crippen molar-refractivity contribution in [1.29, 1.82) is 0 Å². The Balaban J connectivity index is 1.65. The minimum atomic E-state index is -0.0269. The first-order valence-corrected chi connectivity index (χ1v) is 8.82. The van der Waals surface area contributed by atoms with Crippen LogP contribution in [0.2, 0.25) is 0 Å². The van der Waals surface area contributed by atoms with Crippen molar-refractivity contribution in [2.75, 3.05) is 39.4 Å². The molecule has 0 atom stereocenters. The topological polar surface area (TPSA) is 71.8 Å². The Hall–Kier alpha value is -1.51. The van der Waals surface area contributed by atoms with E-state index in [0.717, 1.165) is 54.2 Å². The van der Waals surface area contributed by atoms with E-state index in [-0.39, 0.29) is 11.8 Å². The molecule has 7 nitrogen and oxygen atoms in total. The molecular formula is C15H23N5O2S. The second-order valence-corrected chi connectivity index (χ2v) is 7.03. The summed E-state index contributed by atoms with van der Waals surface area (Å²) in [6, 6.07) is 0. The second kappa shape index (κ2) is 6.94. The number of hydrogen-bond acceptors (Lipinski definition) is 6. The van der Waals surface area contributed by atoms with Crippen LogP contribution in [0.1, 0.15) is 41.0 Å². The summed E-state index contributed by atoms with van der Waals surface area (Å²) < 4.78 is 7.32. The predicted octanol–water partition coefficient (Wildman–Crippen LogP) is 1.28. The highest BCUT2D eigenvalue weighted by Gasteiger charge is 2.21. The molecule has 1 aliphatic heterocycles. The SMILES string of the molecule is Cc1c(C(=O)NCCN2CCOCC2)sc2nnc(C(C)C)n12. The van der Waals surface area contributed by atoms with E-state index in [9.17, 15) is 4.79 Å². The van der Waals surface area contributed by atoms with E-state index in [0.29, 0.717) is 6.54 Å². The molecule has 2 aromatic heterocycles. The zero-order valence-electron chi connectivity index (χ0n) is 13.8. The molecule has 1 amide bonds. The van der Waals surface area contributed by atoms with Gasteiger partial charge in [0.15, 0.2) is 0 Å². The highest BCUT2D eigenvalue weighted by molar-refractivity contribution is 7.19. The number of morpholine rings is 1. The lowest BCUT2D eigenvalue weighted by molar-refractivity contribution is 0.0383. The van der Waals surface area contributed by atoms with Gasteiger partial charge in [-0.3, -0.25) is 14.1 Å². The van der Waals surface area contributed by atoms with Crippen LogP contribution in [0, 0.1) is 6.92 Å². The number of thiazole rings is 1. The molecular weight excluding hydrogens is 314 g/mol. The lowest BCUT2D eigenvalue weighted by Crippen LogP contribution is -2.41. The van der Waals surface area contributed by atoms with Crippen molar-refractivity contribution in [3.05, 3.63) is 16.4 Å². The van der Waals surface area contributed by atoms with E-state index in [1.165, 1.54) is 11.3 Å². The molecule has 0 saturated carbocycles. The zero-order valence-corrected chi connectivity index (χ0v) is 14.7. The van der Waals surface area contributed by atoms with Crippen LogP contribution in [0.3, 0.4) is 0 Å². The molecule has 0 bridgehead atoms. The summed E-state index contributed by atoms with van der Waals surface area (Å²) in [6.45, 7) is 11.0. The van der Waals surface area contributed by atoms with Gasteiger partial charge in [0, 0.05) is 37.8 Å². The maximum Gasteiger partial charge on any atom is 0.263 e. The second-order valence-electron chi connectivity index (χ2n) is 6.06. The fourth-order valence-electron chi connectivity index (χ4n) is 2.75. The highest BCUT2D eigenvalue weighted by Crippen LogP contribution is 2.25. The number of fused-ring (bicyclic) bond motifs is 1. The minimum absolute atomic E-state index is 0.0269. The Bertz CT molecular complexity index is 687. The van der Waals surface area contributed by atoms with Gasteiger partial charge >= 0.3 is 0 Å². The monoisotopic (exact) mass is 337 g/mol. The molecule has 0 radical (unpaired) electrons. The van der Waals surface area contributed by atoms with Gasteiger partial charge in [0.2, 0.25) is 4.96 Å². The van der Waals surface area contributed by atoms with Crippen LogP contribution in [0.15, 0.2) is 0 Å². The van der Waals surface area contributed by atoms with Gasteiger partial charge in [-0.2, -0.15) is 0 Å². The molecule has 8 heteroatoms. The van der Waals surface area contributed by atoms with Crippen molar-refractivity contribution in [2.45, 2.75) is 26.7 Å². The van der Waals surface area contributed by atoms with Gasteiger partial charge in [-0.25, -0.2) is 0 Å². The molecule has 126 valence electrons. The van der Waals surface area contributed by atoms with Gasteiger partial charge in [-0.05, 0) is 6.92 Å². The van der Waals surface area contributed by atoms with Crippen LogP contribution < -0.4 is 5.32 Å². The van der Waals surface area contributed by atoms with E-state index in [4.69, 9.17) is 4.74 Å². The number of ether oxygens (including phenoxy) is 1. The van der Waals surface area contributed by atoms with Gasteiger partial charge in [0.1, 0.15) is 10.7 Å². The molecule has 3 rings (SSSR count). The number of aromatic nitrogens is 3. The Morgan fingerprint density at radius 1 is 1.35 bits per heavy atom. The summed E-state index contributed by atoms with van der Waals surface area (Å²) in [5.41, 5.74) is 0.919. The minimum Gasteiger partial charge on any atom is -0.379 e. The molecule has 0 aliphatic carbocycles. The molecule has 2 aromatic rings. The highest BCUT2D eigenvalue weighted by atomic mass is 32.1. The largest absolute Gasteiger partial charge is 0.379 e. The van der Waals surface area contributed by atoms with Gasteiger partial charge in [0.05, 0.1) is 13.2 Å². The summed E-state index contributed by atoms with van der Waals surface area (Å²) in [5.74, 6) is 1.15. The Morgan fingerprint density at radius 3 is 2.78 bits per heavy atom. The third-order valence-corrected chi connectivity index (χ3v) is 5.19. The maximum atomic E-state index is 12.5. The van der Waals surface area contributed by atoms with Crippen LogP contribution in [-0.2, 0) is 4.74 Å². The average molecular weight is 337 g/mol. The van der Waals surface area contributed by atoms with Gasteiger partial charge in [0.25, 0.3) is 5.91 Å². The number of hydrogen-bond donors (Lipinski definition) is 1. The Morgan fingerprint density at radius 2 is 2.09 bits per heavy atom. The third-order valence-electron chi connectivity index (χ3n) is 4.06. The van der Waals surface area contributed by atoms with E-state index in [1.807, 2.05) is 11.3 Å². The lowest BCUT2D eigenvalue weighted by atomic mass is 10.2. The standard InChI is InChI=1S/C15H23N5O2S/c1-10(2)13-17-18-15-20(13)11(3)12(23-15)14(21)16-4-5-19-6-8-22-9-7-19/h10H,4-9H2,1-3H3,(H,16,21). The summed E-state index contributed by atoms with van der Waals surface area (Å²) in [7, 11) is 0. The van der Waals surface area contributed by atoms with Crippen LogP contribution in [0.25, 0.3) is 4.96 Å². The number of carbonyl (C=O) groups excluding carboxylic acids is 1. The molecule has 1 N–H and O–H groups in total. The first-order chi connectivity index (χ1) is 11.1. The summed E-state index contributed by atoms with van der Waals surface area (Å²) in [6.07, 6.45) is 0. The summed E-state index contributed by atoms with van der Waals surface area (Å²) >= 11 is 1.40. The number of amides is 1. The molecule has 0 unspecified atom stereocenters. The van der Waals surface area contributed by atoms with Crippen molar-refractivity contribution >= 4 is 22.2 Å². The fourth-order valence-corrected chi connectivity index (χ4v) is 3.74. The van der Waals surface area contributed by atoms with E-state index < -0.39 is 0 Å². The third kappa shape index (κ3) is 3.39. The van der Waals surface area contributed by atoms with Crippen molar-refractivity contribution < 1.29 is 9.53 Å². The van der Waals surface area contributed by atoms with Gasteiger partial charge in [-0.15, -0.1) is 10.2 Å². The number of aryl methyl sites for hydroxylation is 1. The fraction of sp³-hybridized carbons (Fsp3) is 0.667. The Labute approximate surface area is 139 Å². The molecule has 1 fully saturated rings. The Kier molecular flexibility index (Phi) is 4.93. The number of nitrogens with one attached hydrogen (secondary N) is 1. The van der Waals surface area contributed by atoms with Gasteiger partial charge < -0.3 is 10.1 Å². The average Bonchev–Trinajstić information content (AvgIpc) is 3.09. The van der Waals surface area contributed by atoms with Crippen molar-refractivity contribution in [3.63, 3.8) is 0 Å². The maximum absolute atomic E-state index is 12.5. The smallest absolute Gasteiger partial charge is 0.263 e. The molecule has 1 aliphatic rings. The summed E-state index contributed by atoms with van der Waals surface area (Å²) in [4.78, 5) is 16.3. The zero-order chi connectivity index (χ0) is 16.4. The molecule has 0 spiro atoms. The number of carbonyl (C=O) groups is 1. The molecule has 3 heterocycles. The van der Waals surface area contributed by atoms with Crippen molar-refractivity contribution in [2.24, 2.45) is 0 Å². The first kappa shape index (κ1) is 16.4. The predicted molar refractivity (Wildman–Crippen MR) is 89.3 cm³/mol. The number of nitrogens with zero attached hydrogens (tertiary/aromatic N) is 4. The quantitative estimate of drug-likeness (QED) is 0.890. The van der Waals surface area contributed by atoms with Crippen LogP contribution in [0.5, 0.6) is 0 Å². The van der Waals surface area contributed by atoms with E-state index in [1.54, 1.807) is 0 Å². The van der Waals surface area contributed by atoms with Crippen molar-refractivity contribution in [1.82, 2.24) is 24.8 Å². The first-order valence-electron chi connectivity index (χ1n) is 8.00. The van der Waals surface area contributed by atoms with Crippen molar-refractivity contribution in [3.8, 4) is 0 Å². The van der Waals surface area contributed by atoms with Crippen LogP contribution in [0.4, 0.5) is 0 Å². The summed E-state index contributed by atoms with van der Waals surface area (Å²) in [5, 5.41) is 11.4.